The van der Waals surface area contributed by atoms with Crippen LogP contribution in [0.3, 0.4) is 0 Å². The summed E-state index contributed by atoms with van der Waals surface area (Å²) < 4.78 is 15.4. The Kier molecular flexibility index (Phi) is 6.54. The lowest BCUT2D eigenvalue weighted by Gasteiger charge is -2.22. The Morgan fingerprint density at radius 3 is 2.63 bits per heavy atom. The minimum absolute atomic E-state index is 0.117. The molecule has 1 fully saturated rings. The number of aryl methyl sites for hydroxylation is 2. The summed E-state index contributed by atoms with van der Waals surface area (Å²) in [6.45, 7) is 9.37. The molecule has 3 heterocycles. The Morgan fingerprint density at radius 1 is 1.16 bits per heavy atom. The summed E-state index contributed by atoms with van der Waals surface area (Å²) in [7, 11) is 3.58. The average Bonchev–Trinajstić information content (AvgIpc) is 3.57. The van der Waals surface area contributed by atoms with Gasteiger partial charge in [0.25, 0.3) is 5.91 Å². The highest BCUT2D eigenvalue weighted by molar-refractivity contribution is 6.00. The van der Waals surface area contributed by atoms with E-state index in [9.17, 15) is 9.59 Å². The van der Waals surface area contributed by atoms with Crippen LogP contribution in [0.15, 0.2) is 42.5 Å². The number of hydrogen-bond donors (Lipinski definition) is 1. The fourth-order valence-electron chi connectivity index (χ4n) is 5.27. The molecule has 0 aliphatic carbocycles. The first-order chi connectivity index (χ1) is 18.1. The van der Waals surface area contributed by atoms with E-state index in [-0.39, 0.29) is 11.9 Å². The summed E-state index contributed by atoms with van der Waals surface area (Å²) in [5.41, 5.74) is 3.63. The Bertz CT molecular complexity index is 1530. The molecule has 1 aliphatic rings. The minimum Gasteiger partial charge on any atom is -0.494 e. The van der Waals surface area contributed by atoms with Crippen molar-refractivity contribution in [1.82, 2.24) is 24.3 Å². The maximum absolute atomic E-state index is 13.5. The summed E-state index contributed by atoms with van der Waals surface area (Å²) in [4.78, 5) is 32.4. The molecule has 1 aliphatic heterocycles. The van der Waals surface area contributed by atoms with Crippen molar-refractivity contribution in [3.63, 3.8) is 0 Å². The first-order valence-corrected chi connectivity index (χ1v) is 13.0. The molecule has 0 spiro atoms. The van der Waals surface area contributed by atoms with Crippen LogP contribution in [-0.4, -0.2) is 62.9 Å². The van der Waals surface area contributed by atoms with Crippen LogP contribution in [-0.2, 0) is 18.3 Å². The molecule has 1 saturated heterocycles. The number of carbonyl (C=O) groups is 2. The Balaban J connectivity index is 1.44. The fourth-order valence-corrected chi connectivity index (χ4v) is 5.27. The van der Waals surface area contributed by atoms with Gasteiger partial charge in [0.2, 0.25) is 0 Å². The van der Waals surface area contributed by atoms with Crippen molar-refractivity contribution in [3.05, 3.63) is 48.0 Å². The molecule has 5 rings (SSSR count). The maximum atomic E-state index is 13.5. The quantitative estimate of drug-likeness (QED) is 0.404. The second-order valence-electron chi connectivity index (χ2n) is 10.8. The highest BCUT2D eigenvalue weighted by Crippen LogP contribution is 2.34. The Morgan fingerprint density at radius 2 is 1.92 bits per heavy atom. The number of rotatable bonds is 5. The third kappa shape index (κ3) is 4.68. The second kappa shape index (κ2) is 9.70. The van der Waals surface area contributed by atoms with Crippen molar-refractivity contribution < 1.29 is 19.1 Å². The molecule has 2 aromatic heterocycles. The number of aromatic nitrogens is 3. The number of benzene rings is 2. The van der Waals surface area contributed by atoms with E-state index in [1.54, 1.807) is 18.1 Å². The van der Waals surface area contributed by atoms with Crippen LogP contribution < -0.4 is 10.1 Å². The molecule has 38 heavy (non-hydrogen) atoms. The van der Waals surface area contributed by atoms with Crippen LogP contribution in [0.25, 0.3) is 33.5 Å². The normalized spacial score (nSPS) is 15.8. The summed E-state index contributed by atoms with van der Waals surface area (Å²) in [6.07, 6.45) is 0.199. The van der Waals surface area contributed by atoms with E-state index < -0.39 is 11.7 Å². The van der Waals surface area contributed by atoms with Crippen molar-refractivity contribution in [2.24, 2.45) is 7.05 Å². The van der Waals surface area contributed by atoms with Gasteiger partial charge >= 0.3 is 6.09 Å². The van der Waals surface area contributed by atoms with Gasteiger partial charge < -0.3 is 28.8 Å². The van der Waals surface area contributed by atoms with Crippen LogP contribution in [0.2, 0.25) is 0 Å². The summed E-state index contributed by atoms with van der Waals surface area (Å²) in [5.74, 6) is 1.28. The first-order valence-electron chi connectivity index (χ1n) is 13.0. The lowest BCUT2D eigenvalue weighted by atomic mass is 10.1. The number of hydrogen-bond acceptors (Lipinski definition) is 5. The SMILES string of the molecule is CCn1c(-c2nc3cc(C(=O)N4CCC(NC(=O)OC(C)(C)C)C4)cc(OC)c3n2C)cc2ccccc21. The van der Waals surface area contributed by atoms with E-state index in [1.807, 2.05) is 50.6 Å². The van der Waals surface area contributed by atoms with Gasteiger partial charge in [0, 0.05) is 43.1 Å². The zero-order valence-electron chi connectivity index (χ0n) is 22.9. The molecule has 1 atom stereocenters. The number of carbonyl (C=O) groups excluding carboxylic acids is 2. The summed E-state index contributed by atoms with van der Waals surface area (Å²) in [5, 5.41) is 4.03. The van der Waals surface area contributed by atoms with E-state index in [2.05, 4.69) is 35.0 Å². The molecule has 0 bridgehead atoms. The number of nitrogens with one attached hydrogen (secondary N) is 1. The van der Waals surface area contributed by atoms with Gasteiger partial charge in [-0.25, -0.2) is 9.78 Å². The van der Waals surface area contributed by atoms with Gasteiger partial charge in [-0.05, 0) is 58.4 Å². The molecule has 9 nitrogen and oxygen atoms in total. The molecule has 9 heteroatoms. The van der Waals surface area contributed by atoms with Crippen molar-refractivity contribution in [2.45, 2.75) is 52.3 Å². The Hall–Kier alpha value is -4.01. The van der Waals surface area contributed by atoms with Gasteiger partial charge in [0.1, 0.15) is 16.9 Å². The number of imidazole rings is 1. The molecule has 0 radical (unpaired) electrons. The highest BCUT2D eigenvalue weighted by Gasteiger charge is 2.30. The van der Waals surface area contributed by atoms with E-state index in [1.165, 1.54) is 0 Å². The molecule has 2 aromatic carbocycles. The van der Waals surface area contributed by atoms with E-state index >= 15 is 0 Å². The predicted molar refractivity (Wildman–Crippen MR) is 148 cm³/mol. The molecule has 200 valence electrons. The van der Waals surface area contributed by atoms with Gasteiger partial charge in [-0.3, -0.25) is 4.79 Å². The highest BCUT2D eigenvalue weighted by atomic mass is 16.6. The molecular formula is C29H35N5O4. The standard InChI is InChI=1S/C29H35N5O4/c1-7-34-22-11-9-8-10-18(22)15-23(34)26-31-21-14-19(16-24(37-6)25(21)32(26)5)27(35)33-13-12-20(17-33)30-28(36)38-29(2,3)4/h8-11,14-16,20H,7,12-13,17H2,1-6H3,(H,30,36). The van der Waals surface area contributed by atoms with Crippen LogP contribution in [0.5, 0.6) is 5.75 Å². The van der Waals surface area contributed by atoms with Crippen LogP contribution in [0.4, 0.5) is 4.79 Å². The smallest absolute Gasteiger partial charge is 0.407 e. The van der Waals surface area contributed by atoms with Crippen molar-refractivity contribution in [3.8, 4) is 17.3 Å². The zero-order valence-corrected chi connectivity index (χ0v) is 22.9. The van der Waals surface area contributed by atoms with E-state index in [0.717, 1.165) is 34.5 Å². The van der Waals surface area contributed by atoms with E-state index in [4.69, 9.17) is 14.5 Å². The van der Waals surface area contributed by atoms with Crippen molar-refractivity contribution in [2.75, 3.05) is 20.2 Å². The molecule has 2 amide bonds. The average molecular weight is 518 g/mol. The number of amides is 2. The van der Waals surface area contributed by atoms with Crippen LogP contribution in [0.1, 0.15) is 44.5 Å². The zero-order chi connectivity index (χ0) is 27.2. The largest absolute Gasteiger partial charge is 0.494 e. The van der Waals surface area contributed by atoms with Crippen LogP contribution >= 0.6 is 0 Å². The van der Waals surface area contributed by atoms with Gasteiger partial charge in [0.15, 0.2) is 5.82 Å². The monoisotopic (exact) mass is 517 g/mol. The molecule has 4 aromatic rings. The molecule has 1 N–H and O–H groups in total. The maximum Gasteiger partial charge on any atom is 0.407 e. The third-order valence-corrected chi connectivity index (χ3v) is 6.95. The van der Waals surface area contributed by atoms with Gasteiger partial charge in [-0.1, -0.05) is 18.2 Å². The summed E-state index contributed by atoms with van der Waals surface area (Å²) >= 11 is 0. The number of likely N-dealkylation sites (tertiary alicyclic amines) is 1. The number of alkyl carbamates (subject to hydrolysis) is 1. The topological polar surface area (TPSA) is 90.6 Å². The van der Waals surface area contributed by atoms with Gasteiger partial charge in [-0.2, -0.15) is 0 Å². The Labute approximate surface area is 222 Å². The summed E-state index contributed by atoms with van der Waals surface area (Å²) in [6, 6.07) is 13.9. The number of nitrogens with zero attached hydrogens (tertiary/aromatic N) is 4. The lowest BCUT2D eigenvalue weighted by Crippen LogP contribution is -2.41. The van der Waals surface area contributed by atoms with Crippen molar-refractivity contribution in [1.29, 1.82) is 0 Å². The molecule has 0 saturated carbocycles. The number of ether oxygens (including phenoxy) is 2. The number of para-hydroxylation sites is 1. The molecule has 1 unspecified atom stereocenters. The third-order valence-electron chi connectivity index (χ3n) is 6.95. The van der Waals surface area contributed by atoms with Crippen LogP contribution in [0, 0.1) is 0 Å². The van der Waals surface area contributed by atoms with E-state index in [0.29, 0.717) is 36.3 Å². The second-order valence-corrected chi connectivity index (χ2v) is 10.8. The van der Waals surface area contributed by atoms with Crippen molar-refractivity contribution >= 4 is 33.9 Å². The van der Waals surface area contributed by atoms with Gasteiger partial charge in [0.05, 0.1) is 24.4 Å². The number of fused-ring (bicyclic) bond motifs is 2. The fraction of sp³-hybridized carbons (Fsp3) is 0.414. The predicted octanol–water partition coefficient (Wildman–Crippen LogP) is 4.96. The molecular weight excluding hydrogens is 482 g/mol. The lowest BCUT2D eigenvalue weighted by molar-refractivity contribution is 0.0502. The number of methoxy groups -OCH3 is 1. The first kappa shape index (κ1) is 25.6. The minimum atomic E-state index is -0.572. The van der Waals surface area contributed by atoms with Gasteiger partial charge in [-0.15, -0.1) is 0 Å².